The summed E-state index contributed by atoms with van der Waals surface area (Å²) in [6.45, 7) is 0.909. The van der Waals surface area contributed by atoms with E-state index in [2.05, 4.69) is 0 Å². The number of hydrogen-bond acceptors (Lipinski definition) is 5. The summed E-state index contributed by atoms with van der Waals surface area (Å²) in [4.78, 5) is 27.0. The van der Waals surface area contributed by atoms with Gasteiger partial charge in [-0.1, -0.05) is 35.3 Å². The van der Waals surface area contributed by atoms with Gasteiger partial charge in [-0.2, -0.15) is 0 Å². The lowest BCUT2D eigenvalue weighted by Gasteiger charge is -2.42. The molecule has 2 bridgehead atoms. The minimum Gasteiger partial charge on any atom is -0.502 e. The minimum atomic E-state index is -0.588. The first-order valence-electron chi connectivity index (χ1n) is 9.20. The number of pyridine rings is 1. The Hall–Kier alpha value is -2.64. The number of amides is 1. The molecule has 0 saturated heterocycles. The number of aromatic hydroxyl groups is 1. The van der Waals surface area contributed by atoms with E-state index in [9.17, 15) is 14.7 Å². The highest BCUT2D eigenvalue weighted by atomic mass is 35.5. The van der Waals surface area contributed by atoms with Gasteiger partial charge in [-0.3, -0.25) is 19.3 Å². The van der Waals surface area contributed by atoms with Crippen LogP contribution in [0, 0.1) is 0 Å². The Balaban J connectivity index is 1.71. The van der Waals surface area contributed by atoms with Crippen LogP contribution < -0.4 is 15.2 Å². The molecular weight excluding hydrogens is 417 g/mol. The van der Waals surface area contributed by atoms with E-state index >= 15 is 0 Å². The Morgan fingerprint density at radius 3 is 2.69 bits per heavy atom. The number of ether oxygens (including phenoxy) is 1. The average Bonchev–Trinajstić information content (AvgIpc) is 3.48. The van der Waals surface area contributed by atoms with Crippen molar-refractivity contribution in [2.45, 2.75) is 24.9 Å². The minimum absolute atomic E-state index is 0.0369. The second-order valence-corrected chi connectivity index (χ2v) is 8.21. The van der Waals surface area contributed by atoms with E-state index < -0.39 is 16.7 Å². The van der Waals surface area contributed by atoms with Crippen molar-refractivity contribution in [3.05, 3.63) is 68.1 Å². The number of aromatic nitrogens is 1. The highest BCUT2D eigenvalue weighted by Gasteiger charge is 2.51. The Kier molecular flexibility index (Phi) is 4.08. The van der Waals surface area contributed by atoms with E-state index in [1.54, 1.807) is 11.0 Å². The van der Waals surface area contributed by atoms with E-state index in [0.29, 0.717) is 22.3 Å². The molecule has 5 rings (SSSR count). The van der Waals surface area contributed by atoms with Gasteiger partial charge >= 0.3 is 0 Å². The molecule has 1 fully saturated rings. The molecule has 1 aliphatic carbocycles. The summed E-state index contributed by atoms with van der Waals surface area (Å²) >= 11 is 12.6. The monoisotopic (exact) mass is 433 g/mol. The smallest absolute Gasteiger partial charge is 0.278 e. The summed E-state index contributed by atoms with van der Waals surface area (Å²) in [5, 5.41) is 13.0. The van der Waals surface area contributed by atoms with Gasteiger partial charge in [0.25, 0.3) is 5.91 Å². The summed E-state index contributed by atoms with van der Waals surface area (Å²) in [7, 11) is 0. The van der Waals surface area contributed by atoms with Gasteiger partial charge in [0.15, 0.2) is 11.4 Å². The van der Waals surface area contributed by atoms with Gasteiger partial charge in [-0.05, 0) is 25.0 Å². The van der Waals surface area contributed by atoms with Gasteiger partial charge in [0.2, 0.25) is 5.43 Å². The van der Waals surface area contributed by atoms with Crippen molar-refractivity contribution in [2.24, 2.45) is 0 Å². The first kappa shape index (κ1) is 18.4. The third kappa shape index (κ3) is 2.80. The van der Waals surface area contributed by atoms with Gasteiger partial charge in [0, 0.05) is 17.8 Å². The van der Waals surface area contributed by atoms with E-state index in [0.717, 1.165) is 18.4 Å². The van der Waals surface area contributed by atoms with Crippen LogP contribution in [-0.2, 0) is 6.54 Å². The molecule has 0 atom stereocenters. The molecule has 1 aromatic carbocycles. The van der Waals surface area contributed by atoms with Gasteiger partial charge < -0.3 is 14.7 Å². The normalized spacial score (nSPS) is 20.4. The van der Waals surface area contributed by atoms with Crippen molar-refractivity contribution in [3.63, 3.8) is 0 Å². The number of carbonyl (C=O) groups is 1. The molecule has 1 N–H and O–H groups in total. The Morgan fingerprint density at radius 1 is 1.14 bits per heavy atom. The lowest BCUT2D eigenvalue weighted by molar-refractivity contribution is 0.0612. The Bertz CT molecular complexity index is 1120. The van der Waals surface area contributed by atoms with E-state index in [1.165, 1.54) is 16.9 Å². The third-order valence-electron chi connectivity index (χ3n) is 5.65. The highest BCUT2D eigenvalue weighted by molar-refractivity contribution is 6.43. The summed E-state index contributed by atoms with van der Waals surface area (Å²) < 4.78 is 7.44. The number of nitrogens with zero attached hydrogens (tertiary/aromatic N) is 3. The van der Waals surface area contributed by atoms with Gasteiger partial charge in [0.05, 0.1) is 17.1 Å². The second-order valence-electron chi connectivity index (χ2n) is 7.43. The van der Waals surface area contributed by atoms with Gasteiger partial charge in [-0.25, -0.2) is 0 Å². The number of halogens is 2. The number of fused-ring (bicyclic) bond motifs is 6. The van der Waals surface area contributed by atoms with Gasteiger partial charge in [0.1, 0.15) is 24.0 Å². The Morgan fingerprint density at radius 2 is 1.93 bits per heavy atom. The van der Waals surface area contributed by atoms with Crippen LogP contribution in [0.15, 0.2) is 41.3 Å². The van der Waals surface area contributed by atoms with Crippen LogP contribution in [0.4, 0.5) is 0 Å². The molecular formula is C20H17Cl2N3O4. The number of benzene rings is 1. The first-order chi connectivity index (χ1) is 13.9. The maximum Gasteiger partial charge on any atom is 0.278 e. The van der Waals surface area contributed by atoms with Crippen LogP contribution in [0.5, 0.6) is 11.5 Å². The molecule has 1 spiro atoms. The molecule has 7 nitrogen and oxygen atoms in total. The first-order valence-corrected chi connectivity index (χ1v) is 9.96. The maximum absolute atomic E-state index is 13.2. The lowest BCUT2D eigenvalue weighted by Crippen LogP contribution is -2.57. The van der Waals surface area contributed by atoms with Crippen LogP contribution in [0.2, 0.25) is 10.0 Å². The number of rotatable bonds is 0. The average molecular weight is 434 g/mol. The lowest BCUT2D eigenvalue weighted by atomic mass is 10.1. The van der Waals surface area contributed by atoms with Crippen LogP contribution in [-0.4, -0.2) is 39.4 Å². The molecule has 1 aromatic heterocycles. The van der Waals surface area contributed by atoms with Crippen LogP contribution >= 0.6 is 23.2 Å². The zero-order valence-electron chi connectivity index (χ0n) is 15.3. The molecule has 3 aliphatic rings. The molecule has 150 valence electrons. The third-order valence-corrected chi connectivity index (χ3v) is 6.43. The zero-order chi connectivity index (χ0) is 20.3. The molecule has 2 aliphatic heterocycles. The highest BCUT2D eigenvalue weighted by Crippen LogP contribution is 2.46. The van der Waals surface area contributed by atoms with Crippen molar-refractivity contribution in [3.8, 4) is 11.5 Å². The van der Waals surface area contributed by atoms with E-state index in [-0.39, 0.29) is 24.9 Å². The fourth-order valence-corrected chi connectivity index (χ4v) is 4.34. The van der Waals surface area contributed by atoms with Crippen LogP contribution in [0.1, 0.15) is 28.9 Å². The molecule has 1 amide bonds. The standard InChI is InChI=1S/C20H17Cl2N3O4/c21-13-3-2-12-10-23-11-24(19(28)16-17(27)14(26)4-8-25(16)23)20(6-7-20)5-1-9-29-18(12)15(13)22/h1-5,8,27H,6-7,9-11H2/b5-1+. The summed E-state index contributed by atoms with van der Waals surface area (Å²) in [5.74, 6) is -0.438. The predicted molar refractivity (Wildman–Crippen MR) is 108 cm³/mol. The quantitative estimate of drug-likeness (QED) is 0.646. The molecule has 0 unspecified atom stereocenters. The van der Waals surface area contributed by atoms with Crippen LogP contribution in [0.25, 0.3) is 0 Å². The predicted octanol–water partition coefficient (Wildman–Crippen LogP) is 2.89. The maximum atomic E-state index is 13.2. The largest absolute Gasteiger partial charge is 0.502 e. The zero-order valence-corrected chi connectivity index (χ0v) is 16.8. The van der Waals surface area contributed by atoms with Gasteiger partial charge in [-0.15, -0.1) is 0 Å². The van der Waals surface area contributed by atoms with Crippen molar-refractivity contribution in [1.29, 1.82) is 0 Å². The number of hydrogen-bond donors (Lipinski definition) is 1. The van der Waals surface area contributed by atoms with Crippen LogP contribution in [0.3, 0.4) is 0 Å². The summed E-state index contributed by atoms with van der Waals surface area (Å²) in [5.41, 5.74) is -0.293. The van der Waals surface area contributed by atoms with E-state index in [4.69, 9.17) is 27.9 Å². The van der Waals surface area contributed by atoms with E-state index in [1.807, 2.05) is 23.2 Å². The Labute approximate surface area is 176 Å². The molecule has 1 saturated carbocycles. The molecule has 9 heteroatoms. The summed E-state index contributed by atoms with van der Waals surface area (Å²) in [6, 6.07) is 4.76. The topological polar surface area (TPSA) is 75.0 Å². The molecule has 3 heterocycles. The second kappa shape index (κ2) is 6.43. The molecule has 0 radical (unpaired) electrons. The fraction of sp³-hybridized carbons (Fsp3) is 0.300. The molecule has 2 aromatic rings. The van der Waals surface area contributed by atoms with Crippen molar-refractivity contribution >= 4 is 29.1 Å². The van der Waals surface area contributed by atoms with Crippen molar-refractivity contribution in [2.75, 3.05) is 18.3 Å². The van der Waals surface area contributed by atoms with Crippen molar-refractivity contribution in [1.82, 2.24) is 9.58 Å². The molecule has 29 heavy (non-hydrogen) atoms. The number of carbonyl (C=O) groups excluding carboxylic acids is 1. The van der Waals surface area contributed by atoms with Crippen molar-refractivity contribution < 1.29 is 14.6 Å². The SMILES string of the molecule is O=C1c2c(O)c(=O)ccn2N2Cc3ccc(Cl)c(Cl)c3OC/C=C/C3(CC3)N1C2. The summed E-state index contributed by atoms with van der Waals surface area (Å²) in [6.07, 6.45) is 6.93. The fourth-order valence-electron chi connectivity index (χ4n) is 3.95.